The molecule has 2 rings (SSSR count). The average Bonchev–Trinajstić information content (AvgIpc) is 2.48. The number of nitrogens with zero attached hydrogens (tertiary/aromatic N) is 2. The molecule has 19 heavy (non-hydrogen) atoms. The first-order valence-corrected chi connectivity index (χ1v) is 6.00. The Morgan fingerprint density at radius 3 is 2.58 bits per heavy atom. The molecule has 2 aromatic rings. The van der Waals surface area contributed by atoms with E-state index in [1.807, 2.05) is 24.3 Å². The molecule has 0 amide bonds. The number of aromatic nitrogens is 1. The van der Waals surface area contributed by atoms with Crippen molar-refractivity contribution in [2.75, 3.05) is 7.11 Å². The number of hydrogen-bond donors (Lipinski definition) is 1. The lowest BCUT2D eigenvalue weighted by Gasteiger charge is -2.08. The van der Waals surface area contributed by atoms with Crippen molar-refractivity contribution in [3.8, 4) is 11.8 Å². The van der Waals surface area contributed by atoms with Gasteiger partial charge in [-0.3, -0.25) is 4.98 Å². The molecule has 0 saturated carbocycles. The molecule has 0 aliphatic rings. The maximum Gasteiger partial charge on any atom is 0.136 e. The molecule has 0 bridgehead atoms. The van der Waals surface area contributed by atoms with Gasteiger partial charge in [-0.1, -0.05) is 6.07 Å². The van der Waals surface area contributed by atoms with Crippen LogP contribution in [0.15, 0.2) is 42.7 Å². The molecule has 0 spiro atoms. The summed E-state index contributed by atoms with van der Waals surface area (Å²) in [5.74, 6) is 0.616. The maximum atomic E-state index is 8.91. The van der Waals surface area contributed by atoms with Crippen LogP contribution in [0.1, 0.15) is 16.7 Å². The third-order valence-electron chi connectivity index (χ3n) is 2.79. The SMILES string of the molecule is COc1cc(CNCc2ccncc2)ccc1C#N. The Morgan fingerprint density at radius 2 is 1.89 bits per heavy atom. The van der Waals surface area contributed by atoms with Gasteiger partial charge in [0.2, 0.25) is 0 Å². The Labute approximate surface area is 112 Å². The molecule has 1 heterocycles. The summed E-state index contributed by atoms with van der Waals surface area (Å²) in [5.41, 5.74) is 2.83. The fourth-order valence-corrected chi connectivity index (χ4v) is 1.79. The predicted molar refractivity (Wildman–Crippen MR) is 72.5 cm³/mol. The Morgan fingerprint density at radius 1 is 1.16 bits per heavy atom. The largest absolute Gasteiger partial charge is 0.495 e. The summed E-state index contributed by atoms with van der Waals surface area (Å²) in [5, 5.41) is 12.3. The molecule has 4 heteroatoms. The highest BCUT2D eigenvalue weighted by Gasteiger charge is 2.03. The number of methoxy groups -OCH3 is 1. The van der Waals surface area contributed by atoms with Crippen molar-refractivity contribution in [1.29, 1.82) is 5.26 Å². The molecule has 4 nitrogen and oxygen atoms in total. The van der Waals surface area contributed by atoms with Gasteiger partial charge in [0.15, 0.2) is 0 Å². The van der Waals surface area contributed by atoms with Crippen LogP contribution in [0.4, 0.5) is 0 Å². The van der Waals surface area contributed by atoms with E-state index in [-0.39, 0.29) is 0 Å². The highest BCUT2D eigenvalue weighted by atomic mass is 16.5. The van der Waals surface area contributed by atoms with Crippen molar-refractivity contribution in [1.82, 2.24) is 10.3 Å². The van der Waals surface area contributed by atoms with E-state index in [2.05, 4.69) is 16.4 Å². The maximum absolute atomic E-state index is 8.91. The first kappa shape index (κ1) is 13.1. The van der Waals surface area contributed by atoms with Gasteiger partial charge in [0.05, 0.1) is 12.7 Å². The standard InChI is InChI=1S/C15H15N3O/c1-19-15-8-13(2-3-14(15)9-16)11-18-10-12-4-6-17-7-5-12/h2-8,18H,10-11H2,1H3. The molecule has 0 radical (unpaired) electrons. The van der Waals surface area contributed by atoms with Crippen molar-refractivity contribution in [3.05, 3.63) is 59.4 Å². The zero-order valence-corrected chi connectivity index (χ0v) is 10.8. The lowest BCUT2D eigenvalue weighted by molar-refractivity contribution is 0.412. The summed E-state index contributed by atoms with van der Waals surface area (Å²) < 4.78 is 5.18. The summed E-state index contributed by atoms with van der Waals surface area (Å²) in [7, 11) is 1.57. The van der Waals surface area contributed by atoms with Crippen LogP contribution in [0.3, 0.4) is 0 Å². The fourth-order valence-electron chi connectivity index (χ4n) is 1.79. The molecule has 1 aromatic heterocycles. The van der Waals surface area contributed by atoms with Crippen molar-refractivity contribution >= 4 is 0 Å². The van der Waals surface area contributed by atoms with Crippen LogP contribution in [0, 0.1) is 11.3 Å². The number of rotatable bonds is 5. The quantitative estimate of drug-likeness (QED) is 0.888. The predicted octanol–water partition coefficient (Wildman–Crippen LogP) is 2.25. The second-order valence-corrected chi connectivity index (χ2v) is 4.11. The minimum atomic E-state index is 0.556. The molecule has 1 aromatic carbocycles. The van der Waals surface area contributed by atoms with Gasteiger partial charge < -0.3 is 10.1 Å². The molecule has 0 saturated heterocycles. The van der Waals surface area contributed by atoms with E-state index in [0.717, 1.165) is 18.7 Å². The number of pyridine rings is 1. The van der Waals surface area contributed by atoms with E-state index >= 15 is 0 Å². The molecule has 0 atom stereocenters. The van der Waals surface area contributed by atoms with Crippen molar-refractivity contribution in [2.24, 2.45) is 0 Å². The number of nitriles is 1. The normalized spacial score (nSPS) is 9.89. The molecule has 96 valence electrons. The van der Waals surface area contributed by atoms with E-state index < -0.39 is 0 Å². The lowest BCUT2D eigenvalue weighted by Crippen LogP contribution is -2.12. The Hall–Kier alpha value is -2.38. The molecule has 0 aliphatic heterocycles. The molecule has 1 N–H and O–H groups in total. The highest BCUT2D eigenvalue weighted by molar-refractivity contribution is 5.45. The second-order valence-electron chi connectivity index (χ2n) is 4.11. The lowest BCUT2D eigenvalue weighted by atomic mass is 10.1. The molecule has 0 fully saturated rings. The van der Waals surface area contributed by atoms with E-state index in [1.54, 1.807) is 25.6 Å². The van der Waals surface area contributed by atoms with E-state index in [4.69, 9.17) is 10.00 Å². The fraction of sp³-hybridized carbons (Fsp3) is 0.200. The van der Waals surface area contributed by atoms with Crippen molar-refractivity contribution < 1.29 is 4.74 Å². The Balaban J connectivity index is 1.95. The summed E-state index contributed by atoms with van der Waals surface area (Å²) in [4.78, 5) is 3.98. The van der Waals surface area contributed by atoms with Crippen LogP contribution in [-0.2, 0) is 13.1 Å². The summed E-state index contributed by atoms with van der Waals surface area (Å²) in [6.07, 6.45) is 3.56. The van der Waals surface area contributed by atoms with Crippen LogP contribution < -0.4 is 10.1 Å². The van der Waals surface area contributed by atoms with Crippen molar-refractivity contribution in [3.63, 3.8) is 0 Å². The first-order valence-electron chi connectivity index (χ1n) is 6.00. The minimum absolute atomic E-state index is 0.556. The number of hydrogen-bond acceptors (Lipinski definition) is 4. The van der Waals surface area contributed by atoms with Gasteiger partial charge in [-0.05, 0) is 35.4 Å². The van der Waals surface area contributed by atoms with Crippen molar-refractivity contribution in [2.45, 2.75) is 13.1 Å². The number of ether oxygens (including phenoxy) is 1. The average molecular weight is 253 g/mol. The molecular formula is C15H15N3O. The smallest absolute Gasteiger partial charge is 0.136 e. The summed E-state index contributed by atoms with van der Waals surface area (Å²) in [6.45, 7) is 1.51. The second kappa shape index (κ2) is 6.53. The minimum Gasteiger partial charge on any atom is -0.495 e. The van der Waals surface area contributed by atoms with Crippen LogP contribution in [0.5, 0.6) is 5.75 Å². The van der Waals surface area contributed by atoms with Crippen LogP contribution in [-0.4, -0.2) is 12.1 Å². The molecule has 0 unspecified atom stereocenters. The van der Waals surface area contributed by atoms with E-state index in [0.29, 0.717) is 11.3 Å². The number of nitrogens with one attached hydrogen (secondary N) is 1. The third-order valence-corrected chi connectivity index (χ3v) is 2.79. The van der Waals surface area contributed by atoms with Gasteiger partial charge >= 0.3 is 0 Å². The Kier molecular flexibility index (Phi) is 4.49. The van der Waals surface area contributed by atoms with Gasteiger partial charge in [-0.2, -0.15) is 5.26 Å². The summed E-state index contributed by atoms with van der Waals surface area (Å²) in [6, 6.07) is 11.7. The zero-order chi connectivity index (χ0) is 13.5. The Bertz CT molecular complexity index is 576. The van der Waals surface area contributed by atoms with E-state index in [9.17, 15) is 0 Å². The van der Waals surface area contributed by atoms with Gasteiger partial charge in [-0.25, -0.2) is 0 Å². The van der Waals surface area contributed by atoms with Gasteiger partial charge in [0.1, 0.15) is 11.8 Å². The summed E-state index contributed by atoms with van der Waals surface area (Å²) >= 11 is 0. The van der Waals surface area contributed by atoms with Gasteiger partial charge in [-0.15, -0.1) is 0 Å². The first-order chi connectivity index (χ1) is 9.33. The van der Waals surface area contributed by atoms with Gasteiger partial charge in [0, 0.05) is 25.5 Å². The van der Waals surface area contributed by atoms with Gasteiger partial charge in [0.25, 0.3) is 0 Å². The van der Waals surface area contributed by atoms with Crippen LogP contribution in [0.2, 0.25) is 0 Å². The molecule has 0 aliphatic carbocycles. The zero-order valence-electron chi connectivity index (χ0n) is 10.8. The monoisotopic (exact) mass is 253 g/mol. The molecular weight excluding hydrogens is 238 g/mol. The highest BCUT2D eigenvalue weighted by Crippen LogP contribution is 2.19. The van der Waals surface area contributed by atoms with Crippen LogP contribution in [0.25, 0.3) is 0 Å². The van der Waals surface area contributed by atoms with Crippen LogP contribution >= 0.6 is 0 Å². The number of benzene rings is 1. The van der Waals surface area contributed by atoms with E-state index in [1.165, 1.54) is 5.56 Å². The third kappa shape index (κ3) is 3.54. The topological polar surface area (TPSA) is 57.9 Å².